The number of amides is 1. The summed E-state index contributed by atoms with van der Waals surface area (Å²) in [6.07, 6.45) is 0. The third kappa shape index (κ3) is 8.97. The number of carbonyl (C=O) groups is 1. The van der Waals surface area contributed by atoms with Crippen molar-refractivity contribution in [3.8, 4) is 0 Å². The molecule has 0 radical (unpaired) electrons. The lowest BCUT2D eigenvalue weighted by Crippen LogP contribution is -2.42. The third-order valence-corrected chi connectivity index (χ3v) is 3.01. The first kappa shape index (κ1) is 18.4. The SMILES string of the molecule is CCN(CC)CCN(CC(C)C)C(=O)COCCN. The number of carbonyl (C=O) groups excluding carboxylic acids is 1. The zero-order valence-electron chi connectivity index (χ0n) is 13.0. The van der Waals surface area contributed by atoms with Gasteiger partial charge in [0.15, 0.2) is 0 Å². The zero-order chi connectivity index (χ0) is 14.7. The lowest BCUT2D eigenvalue weighted by molar-refractivity contribution is -0.136. The summed E-state index contributed by atoms with van der Waals surface area (Å²) in [6.45, 7) is 14.1. The predicted octanol–water partition coefficient (Wildman–Crippen LogP) is 0.788. The Morgan fingerprint density at radius 2 is 1.84 bits per heavy atom. The van der Waals surface area contributed by atoms with Crippen LogP contribution < -0.4 is 5.73 Å². The Kier molecular flexibility index (Phi) is 10.8. The minimum atomic E-state index is 0.0642. The molecule has 0 saturated carbocycles. The Morgan fingerprint density at radius 3 is 2.32 bits per heavy atom. The van der Waals surface area contributed by atoms with Crippen molar-refractivity contribution < 1.29 is 9.53 Å². The van der Waals surface area contributed by atoms with Crippen molar-refractivity contribution in [2.24, 2.45) is 11.7 Å². The van der Waals surface area contributed by atoms with Crippen LogP contribution in [-0.4, -0.2) is 68.2 Å². The highest BCUT2D eigenvalue weighted by molar-refractivity contribution is 5.77. The van der Waals surface area contributed by atoms with Crippen molar-refractivity contribution in [1.82, 2.24) is 9.80 Å². The first-order valence-electron chi connectivity index (χ1n) is 7.33. The van der Waals surface area contributed by atoms with Gasteiger partial charge in [-0.05, 0) is 19.0 Å². The van der Waals surface area contributed by atoms with Gasteiger partial charge in [-0.25, -0.2) is 0 Å². The Bertz CT molecular complexity index is 231. The fraction of sp³-hybridized carbons (Fsp3) is 0.929. The molecule has 0 heterocycles. The molecule has 5 heteroatoms. The summed E-state index contributed by atoms with van der Waals surface area (Å²) in [4.78, 5) is 16.3. The van der Waals surface area contributed by atoms with Crippen LogP contribution in [0.3, 0.4) is 0 Å². The normalized spacial score (nSPS) is 11.3. The van der Waals surface area contributed by atoms with E-state index in [0.29, 0.717) is 19.1 Å². The fourth-order valence-electron chi connectivity index (χ4n) is 1.89. The number of hydrogen-bond donors (Lipinski definition) is 1. The van der Waals surface area contributed by atoms with E-state index in [2.05, 4.69) is 32.6 Å². The summed E-state index contributed by atoms with van der Waals surface area (Å²) in [5.74, 6) is 0.532. The lowest BCUT2D eigenvalue weighted by atomic mass is 10.2. The highest BCUT2D eigenvalue weighted by Crippen LogP contribution is 2.01. The van der Waals surface area contributed by atoms with Gasteiger partial charge < -0.3 is 20.3 Å². The maximum Gasteiger partial charge on any atom is 0.248 e. The van der Waals surface area contributed by atoms with Gasteiger partial charge in [0, 0.05) is 26.2 Å². The summed E-state index contributed by atoms with van der Waals surface area (Å²) >= 11 is 0. The summed E-state index contributed by atoms with van der Waals surface area (Å²) < 4.78 is 5.24. The molecule has 0 fully saturated rings. The molecule has 0 aromatic rings. The van der Waals surface area contributed by atoms with Crippen molar-refractivity contribution in [2.75, 3.05) is 52.5 Å². The van der Waals surface area contributed by atoms with E-state index < -0.39 is 0 Å². The molecule has 0 aliphatic heterocycles. The van der Waals surface area contributed by atoms with Gasteiger partial charge >= 0.3 is 0 Å². The van der Waals surface area contributed by atoms with Crippen LogP contribution in [0, 0.1) is 5.92 Å². The van der Waals surface area contributed by atoms with E-state index >= 15 is 0 Å². The first-order valence-corrected chi connectivity index (χ1v) is 7.33. The Hall–Kier alpha value is -0.650. The molecule has 0 bridgehead atoms. The number of nitrogens with two attached hydrogens (primary N) is 1. The molecule has 2 N–H and O–H groups in total. The van der Waals surface area contributed by atoms with Gasteiger partial charge in [-0.1, -0.05) is 27.7 Å². The van der Waals surface area contributed by atoms with Crippen LogP contribution in [0.2, 0.25) is 0 Å². The summed E-state index contributed by atoms with van der Waals surface area (Å²) in [7, 11) is 0. The van der Waals surface area contributed by atoms with Crippen LogP contribution in [-0.2, 0) is 9.53 Å². The highest BCUT2D eigenvalue weighted by atomic mass is 16.5. The van der Waals surface area contributed by atoms with E-state index in [4.69, 9.17) is 10.5 Å². The Morgan fingerprint density at radius 1 is 1.21 bits per heavy atom. The number of ether oxygens (including phenoxy) is 1. The quantitative estimate of drug-likeness (QED) is 0.565. The van der Waals surface area contributed by atoms with Crippen molar-refractivity contribution in [2.45, 2.75) is 27.7 Å². The van der Waals surface area contributed by atoms with E-state index in [-0.39, 0.29) is 12.5 Å². The van der Waals surface area contributed by atoms with Crippen molar-refractivity contribution >= 4 is 5.91 Å². The first-order chi connectivity index (χ1) is 9.04. The van der Waals surface area contributed by atoms with E-state index in [9.17, 15) is 4.79 Å². The monoisotopic (exact) mass is 273 g/mol. The molecule has 114 valence electrons. The van der Waals surface area contributed by atoms with E-state index in [0.717, 1.165) is 32.7 Å². The van der Waals surface area contributed by atoms with Crippen LogP contribution in [0.15, 0.2) is 0 Å². The molecule has 0 aliphatic rings. The smallest absolute Gasteiger partial charge is 0.248 e. The number of hydrogen-bond acceptors (Lipinski definition) is 4. The zero-order valence-corrected chi connectivity index (χ0v) is 13.0. The molecular formula is C14H31N3O2. The average Bonchev–Trinajstić information content (AvgIpc) is 2.38. The topological polar surface area (TPSA) is 58.8 Å². The second kappa shape index (κ2) is 11.2. The minimum Gasteiger partial charge on any atom is -0.370 e. The maximum atomic E-state index is 12.1. The second-order valence-electron chi connectivity index (χ2n) is 5.10. The highest BCUT2D eigenvalue weighted by Gasteiger charge is 2.15. The lowest BCUT2D eigenvalue weighted by Gasteiger charge is -2.27. The molecule has 0 spiro atoms. The van der Waals surface area contributed by atoms with Crippen LogP contribution in [0.5, 0.6) is 0 Å². The summed E-state index contributed by atoms with van der Waals surface area (Å²) in [6, 6.07) is 0. The van der Waals surface area contributed by atoms with E-state index in [1.165, 1.54) is 0 Å². The molecular weight excluding hydrogens is 242 g/mol. The Labute approximate surface area is 118 Å². The summed E-state index contributed by atoms with van der Waals surface area (Å²) in [5, 5.41) is 0. The van der Waals surface area contributed by atoms with Crippen LogP contribution in [0.1, 0.15) is 27.7 Å². The molecule has 19 heavy (non-hydrogen) atoms. The minimum absolute atomic E-state index is 0.0642. The van der Waals surface area contributed by atoms with Crippen molar-refractivity contribution in [3.63, 3.8) is 0 Å². The second-order valence-corrected chi connectivity index (χ2v) is 5.10. The standard InChI is InChI=1S/C14H31N3O2/c1-5-16(6-2)8-9-17(11-13(3)4)14(18)12-19-10-7-15/h13H,5-12,15H2,1-4H3. The van der Waals surface area contributed by atoms with Gasteiger partial charge in [-0.2, -0.15) is 0 Å². The average molecular weight is 273 g/mol. The number of nitrogens with zero attached hydrogens (tertiary/aromatic N) is 2. The van der Waals surface area contributed by atoms with Gasteiger partial charge in [0.1, 0.15) is 6.61 Å². The van der Waals surface area contributed by atoms with Crippen molar-refractivity contribution in [3.05, 3.63) is 0 Å². The largest absolute Gasteiger partial charge is 0.370 e. The molecule has 0 saturated heterocycles. The Balaban J connectivity index is 4.24. The van der Waals surface area contributed by atoms with Crippen LogP contribution >= 0.6 is 0 Å². The summed E-state index contributed by atoms with van der Waals surface area (Å²) in [5.41, 5.74) is 5.35. The molecule has 0 aromatic carbocycles. The molecule has 0 aliphatic carbocycles. The maximum absolute atomic E-state index is 12.1. The molecule has 0 unspecified atom stereocenters. The molecule has 0 rings (SSSR count). The predicted molar refractivity (Wildman–Crippen MR) is 79.1 cm³/mol. The van der Waals surface area contributed by atoms with Gasteiger partial charge in [-0.15, -0.1) is 0 Å². The van der Waals surface area contributed by atoms with Gasteiger partial charge in [0.05, 0.1) is 6.61 Å². The van der Waals surface area contributed by atoms with E-state index in [1.807, 2.05) is 4.90 Å². The fourth-order valence-corrected chi connectivity index (χ4v) is 1.89. The number of likely N-dealkylation sites (N-methyl/N-ethyl adjacent to an activating group) is 1. The van der Waals surface area contributed by atoms with Crippen LogP contribution in [0.25, 0.3) is 0 Å². The van der Waals surface area contributed by atoms with Crippen molar-refractivity contribution in [1.29, 1.82) is 0 Å². The van der Waals surface area contributed by atoms with E-state index in [1.54, 1.807) is 0 Å². The third-order valence-electron chi connectivity index (χ3n) is 3.01. The van der Waals surface area contributed by atoms with Crippen LogP contribution in [0.4, 0.5) is 0 Å². The molecule has 0 aromatic heterocycles. The van der Waals surface area contributed by atoms with Gasteiger partial charge in [0.2, 0.25) is 5.91 Å². The molecule has 1 amide bonds. The van der Waals surface area contributed by atoms with Gasteiger partial charge in [-0.3, -0.25) is 4.79 Å². The molecule has 0 atom stereocenters. The molecule has 5 nitrogen and oxygen atoms in total. The number of rotatable bonds is 11. The van der Waals surface area contributed by atoms with Gasteiger partial charge in [0.25, 0.3) is 0 Å².